The maximum atomic E-state index is 12.7. The van der Waals surface area contributed by atoms with Crippen LogP contribution in [0.2, 0.25) is 0 Å². The average molecular weight is 350 g/mol. The summed E-state index contributed by atoms with van der Waals surface area (Å²) in [6.07, 6.45) is 0. The second-order valence-electron chi connectivity index (χ2n) is 5.75. The number of rotatable bonds is 3. The molecule has 0 saturated heterocycles. The van der Waals surface area contributed by atoms with Gasteiger partial charge in [0.25, 0.3) is 0 Å². The van der Waals surface area contributed by atoms with E-state index in [2.05, 4.69) is 21.4 Å². The van der Waals surface area contributed by atoms with Gasteiger partial charge in [-0.05, 0) is 25.5 Å². The number of ether oxygens (including phenoxy) is 1. The molecule has 5 N–H and O–H groups in total. The molecule has 3 rings (SSSR count). The van der Waals surface area contributed by atoms with Crippen LogP contribution in [0, 0.1) is 11.3 Å². The molecule has 1 aliphatic rings. The summed E-state index contributed by atoms with van der Waals surface area (Å²) < 4.78 is 5.23. The molecule has 0 amide bonds. The normalized spacial score (nSPS) is 15.7. The van der Waals surface area contributed by atoms with Gasteiger partial charge >= 0.3 is 5.97 Å². The van der Waals surface area contributed by atoms with Gasteiger partial charge in [-0.1, -0.05) is 18.2 Å². The van der Waals surface area contributed by atoms with Crippen molar-refractivity contribution in [2.45, 2.75) is 19.8 Å². The number of esters is 1. The molecule has 26 heavy (non-hydrogen) atoms. The highest BCUT2D eigenvalue weighted by Crippen LogP contribution is 2.44. The Kier molecular flexibility index (Phi) is 4.45. The Labute approximate surface area is 150 Å². The van der Waals surface area contributed by atoms with Crippen LogP contribution in [0.15, 0.2) is 35.5 Å². The number of carbonyl (C=O) groups excluding carboxylic acids is 1. The Morgan fingerprint density at radius 2 is 2.08 bits per heavy atom. The van der Waals surface area contributed by atoms with Crippen LogP contribution in [0.1, 0.15) is 36.5 Å². The van der Waals surface area contributed by atoms with Crippen molar-refractivity contribution >= 4 is 23.6 Å². The lowest BCUT2D eigenvalue weighted by Gasteiger charge is -2.30. The van der Waals surface area contributed by atoms with Crippen LogP contribution in [-0.2, 0) is 9.53 Å². The van der Waals surface area contributed by atoms with Crippen molar-refractivity contribution in [1.29, 1.82) is 5.26 Å². The smallest absolute Gasteiger partial charge is 0.336 e. The quantitative estimate of drug-likeness (QED) is 0.713. The number of allylic oxidation sites excluding steroid dienone is 1. The Morgan fingerprint density at radius 3 is 2.77 bits per heavy atom. The van der Waals surface area contributed by atoms with Crippen molar-refractivity contribution < 1.29 is 9.53 Å². The van der Waals surface area contributed by atoms with Gasteiger partial charge in [0.2, 0.25) is 5.95 Å². The molecular formula is C18H18N6O2. The van der Waals surface area contributed by atoms with E-state index in [4.69, 9.17) is 16.2 Å². The van der Waals surface area contributed by atoms with Gasteiger partial charge in [0, 0.05) is 11.3 Å². The minimum Gasteiger partial charge on any atom is -0.463 e. The van der Waals surface area contributed by atoms with Crippen molar-refractivity contribution in [3.63, 3.8) is 0 Å². The number of nitriles is 1. The van der Waals surface area contributed by atoms with Crippen molar-refractivity contribution in [2.75, 3.05) is 23.4 Å². The largest absolute Gasteiger partial charge is 0.463 e. The third kappa shape index (κ3) is 2.80. The van der Waals surface area contributed by atoms with Crippen LogP contribution in [0.5, 0.6) is 0 Å². The zero-order valence-electron chi connectivity index (χ0n) is 14.4. The number of carbonyl (C=O) groups is 1. The Balaban J connectivity index is 2.32. The van der Waals surface area contributed by atoms with Crippen LogP contribution >= 0.6 is 0 Å². The van der Waals surface area contributed by atoms with E-state index < -0.39 is 11.9 Å². The zero-order valence-corrected chi connectivity index (χ0v) is 14.4. The number of nitrogens with zero attached hydrogens (tertiary/aromatic N) is 3. The molecule has 0 fully saturated rings. The molecule has 0 saturated carbocycles. The maximum Gasteiger partial charge on any atom is 0.336 e. The highest BCUT2D eigenvalue weighted by molar-refractivity contribution is 5.95. The predicted octanol–water partition coefficient (Wildman–Crippen LogP) is 1.91. The van der Waals surface area contributed by atoms with E-state index in [1.54, 1.807) is 38.1 Å². The van der Waals surface area contributed by atoms with Gasteiger partial charge < -0.3 is 21.5 Å². The molecule has 1 aliphatic heterocycles. The third-order valence-electron chi connectivity index (χ3n) is 4.17. The second kappa shape index (κ2) is 6.72. The number of hydrogen-bond donors (Lipinski definition) is 3. The molecule has 2 aromatic rings. The van der Waals surface area contributed by atoms with E-state index in [0.29, 0.717) is 33.8 Å². The molecule has 1 unspecified atom stereocenters. The molecule has 1 atom stereocenters. The third-order valence-corrected chi connectivity index (χ3v) is 4.17. The number of hydrogen-bond acceptors (Lipinski definition) is 8. The first kappa shape index (κ1) is 17.2. The van der Waals surface area contributed by atoms with E-state index in [1.165, 1.54) is 0 Å². The minimum atomic E-state index is -0.637. The highest BCUT2D eigenvalue weighted by atomic mass is 16.5. The molecular weight excluding hydrogens is 332 g/mol. The van der Waals surface area contributed by atoms with E-state index in [0.717, 1.165) is 0 Å². The molecule has 1 aromatic carbocycles. The molecule has 132 valence electrons. The molecule has 0 aliphatic carbocycles. The first-order valence-corrected chi connectivity index (χ1v) is 8.04. The van der Waals surface area contributed by atoms with Gasteiger partial charge in [0.15, 0.2) is 0 Å². The van der Waals surface area contributed by atoms with Gasteiger partial charge in [0.05, 0.1) is 29.7 Å². The number of fused-ring (bicyclic) bond motifs is 1. The summed E-state index contributed by atoms with van der Waals surface area (Å²) in [5.74, 6) is -0.544. The lowest BCUT2D eigenvalue weighted by molar-refractivity contribution is -0.138. The highest BCUT2D eigenvalue weighted by Gasteiger charge is 2.37. The number of nitrogens with two attached hydrogens (primary N) is 2. The summed E-state index contributed by atoms with van der Waals surface area (Å²) in [5.41, 5.74) is 14.3. The van der Waals surface area contributed by atoms with Crippen LogP contribution in [0.25, 0.3) is 0 Å². The molecule has 8 heteroatoms. The van der Waals surface area contributed by atoms with Crippen LogP contribution < -0.4 is 16.8 Å². The van der Waals surface area contributed by atoms with Crippen molar-refractivity contribution in [2.24, 2.45) is 0 Å². The van der Waals surface area contributed by atoms with E-state index in [1.807, 2.05) is 0 Å². The van der Waals surface area contributed by atoms with Gasteiger partial charge in [-0.2, -0.15) is 15.2 Å². The molecule has 0 radical (unpaired) electrons. The van der Waals surface area contributed by atoms with Crippen molar-refractivity contribution in [3.05, 3.63) is 52.2 Å². The summed E-state index contributed by atoms with van der Waals surface area (Å²) in [6, 6.07) is 9.18. The van der Waals surface area contributed by atoms with Gasteiger partial charge in [-0.3, -0.25) is 0 Å². The van der Waals surface area contributed by atoms with Crippen molar-refractivity contribution in [1.82, 2.24) is 9.97 Å². The fourth-order valence-corrected chi connectivity index (χ4v) is 3.13. The summed E-state index contributed by atoms with van der Waals surface area (Å²) in [4.78, 5) is 20.9. The fourth-order valence-electron chi connectivity index (χ4n) is 3.13. The van der Waals surface area contributed by atoms with Gasteiger partial charge in [-0.25, -0.2) is 4.79 Å². The van der Waals surface area contributed by atoms with Gasteiger partial charge in [0.1, 0.15) is 11.6 Å². The van der Waals surface area contributed by atoms with Gasteiger partial charge in [-0.15, -0.1) is 0 Å². The average Bonchev–Trinajstić information content (AvgIpc) is 2.60. The molecule has 1 aromatic heterocycles. The van der Waals surface area contributed by atoms with Crippen LogP contribution in [-0.4, -0.2) is 22.5 Å². The van der Waals surface area contributed by atoms with E-state index in [9.17, 15) is 10.1 Å². The van der Waals surface area contributed by atoms with Crippen LogP contribution in [0.3, 0.4) is 0 Å². The predicted molar refractivity (Wildman–Crippen MR) is 96.8 cm³/mol. The second-order valence-corrected chi connectivity index (χ2v) is 5.75. The number of aromatic nitrogens is 2. The minimum absolute atomic E-state index is 0.0217. The number of nitrogen functional groups attached to an aromatic ring is 2. The number of benzene rings is 1. The Hall–Kier alpha value is -3.60. The first-order valence-electron chi connectivity index (χ1n) is 8.04. The fraction of sp³-hybridized carbons (Fsp3) is 0.222. The molecule has 2 heterocycles. The SMILES string of the molecule is CCOC(=O)C1=C(C)Nc2nc(N)nc(N)c2C1c1ccccc1C#N. The standard InChI is InChI=1S/C18H18N6O2/c1-3-26-17(25)12-9(2)22-16-14(15(20)23-18(21)24-16)13(12)11-7-5-4-6-10(11)8-19/h4-7,13H,3H2,1-2H3,(H5,20,21,22,23,24). The van der Waals surface area contributed by atoms with Crippen LogP contribution in [0.4, 0.5) is 17.6 Å². The van der Waals surface area contributed by atoms with E-state index in [-0.39, 0.29) is 18.4 Å². The lowest BCUT2D eigenvalue weighted by Crippen LogP contribution is -2.27. The summed E-state index contributed by atoms with van der Waals surface area (Å²) in [5, 5.41) is 12.6. The first-order chi connectivity index (χ1) is 12.5. The number of nitrogens with one attached hydrogen (secondary N) is 1. The lowest BCUT2D eigenvalue weighted by atomic mass is 9.80. The van der Waals surface area contributed by atoms with Crippen molar-refractivity contribution in [3.8, 4) is 6.07 Å². The zero-order chi connectivity index (χ0) is 18.8. The molecule has 8 nitrogen and oxygen atoms in total. The Morgan fingerprint density at radius 1 is 1.35 bits per heavy atom. The topological polar surface area (TPSA) is 140 Å². The number of anilines is 3. The molecule has 0 spiro atoms. The molecule has 0 bridgehead atoms. The summed E-state index contributed by atoms with van der Waals surface area (Å²) in [7, 11) is 0. The Bertz CT molecular complexity index is 961. The van der Waals surface area contributed by atoms with E-state index >= 15 is 0 Å². The summed E-state index contributed by atoms with van der Waals surface area (Å²) in [6.45, 7) is 3.70. The maximum absolute atomic E-state index is 12.7. The summed E-state index contributed by atoms with van der Waals surface area (Å²) >= 11 is 0. The monoisotopic (exact) mass is 350 g/mol.